The van der Waals surface area contributed by atoms with Crippen LogP contribution in [0.5, 0.6) is 0 Å². The Balaban J connectivity index is 1.99. The van der Waals surface area contributed by atoms with Gasteiger partial charge in [0.1, 0.15) is 25.0 Å². The van der Waals surface area contributed by atoms with Crippen LogP contribution in [-0.2, 0) is 29.3 Å². The second-order valence-corrected chi connectivity index (χ2v) is 11.8. The van der Waals surface area contributed by atoms with Crippen LogP contribution in [0.1, 0.15) is 31.0 Å². The van der Waals surface area contributed by atoms with Crippen molar-refractivity contribution in [1.29, 1.82) is 0 Å². The van der Waals surface area contributed by atoms with Gasteiger partial charge in [0, 0.05) is 37.0 Å². The number of imidazole rings is 1. The van der Waals surface area contributed by atoms with Crippen LogP contribution < -0.4 is 5.09 Å². The molecule has 0 fully saturated rings. The van der Waals surface area contributed by atoms with Crippen molar-refractivity contribution in [2.45, 2.75) is 32.9 Å². The molecule has 0 saturated carbocycles. The van der Waals surface area contributed by atoms with Gasteiger partial charge in [0.25, 0.3) is 0 Å². The third kappa shape index (κ3) is 9.10. The predicted molar refractivity (Wildman–Crippen MR) is 144 cm³/mol. The van der Waals surface area contributed by atoms with E-state index in [2.05, 4.69) is 48.3 Å². The van der Waals surface area contributed by atoms with E-state index in [0.717, 1.165) is 37.0 Å². The number of hydrogen-bond donors (Lipinski definition) is 1. The molecule has 2 atom stereocenters. The van der Waals surface area contributed by atoms with E-state index in [-0.39, 0.29) is 24.3 Å². The Morgan fingerprint density at radius 3 is 2.44 bits per heavy atom. The Kier molecular flexibility index (Phi) is 12.8. The first-order valence-electron chi connectivity index (χ1n) is 12.1. The molecule has 0 amide bonds. The number of nitrogens with zero attached hydrogens (tertiary/aromatic N) is 5. The third-order valence-electron chi connectivity index (χ3n) is 6.28. The van der Waals surface area contributed by atoms with Gasteiger partial charge in [-0.25, -0.2) is 14.3 Å². The van der Waals surface area contributed by atoms with E-state index in [0.29, 0.717) is 25.3 Å². The molecule has 0 aliphatic heterocycles. The Labute approximate surface area is 223 Å². The highest BCUT2D eigenvalue weighted by atomic mass is 35.5. The van der Waals surface area contributed by atoms with Crippen molar-refractivity contribution in [1.82, 2.24) is 19.3 Å². The second-order valence-electron chi connectivity index (χ2n) is 8.91. The van der Waals surface area contributed by atoms with Gasteiger partial charge in [-0.1, -0.05) is 35.3 Å². The van der Waals surface area contributed by atoms with E-state index in [1.807, 2.05) is 6.07 Å². The zero-order valence-corrected chi connectivity index (χ0v) is 23.7. The van der Waals surface area contributed by atoms with Gasteiger partial charge in [-0.2, -0.15) is 0 Å². The number of alkyl halides is 2. The summed E-state index contributed by atoms with van der Waals surface area (Å²) in [6.45, 7) is 6.19. The van der Waals surface area contributed by atoms with Crippen LogP contribution in [0.2, 0.25) is 0 Å². The lowest BCUT2D eigenvalue weighted by Crippen LogP contribution is -2.43. The van der Waals surface area contributed by atoms with Gasteiger partial charge in [0.05, 0.1) is 27.2 Å². The van der Waals surface area contributed by atoms with Crippen molar-refractivity contribution in [2.75, 3.05) is 51.5 Å². The molecule has 1 aromatic heterocycles. The van der Waals surface area contributed by atoms with E-state index in [4.69, 9.17) is 27.7 Å². The summed E-state index contributed by atoms with van der Waals surface area (Å²) in [5.74, 6) is 0.214. The van der Waals surface area contributed by atoms with Gasteiger partial charge in [-0.05, 0) is 24.7 Å². The average Bonchev–Trinajstić information content (AvgIpc) is 3.23. The minimum Gasteiger partial charge on any atom is -0.390 e. The molecule has 0 spiro atoms. The van der Waals surface area contributed by atoms with Crippen molar-refractivity contribution in [3.8, 4) is 0 Å². The average molecular weight is 564 g/mol. The first-order valence-corrected chi connectivity index (χ1v) is 14.7. The molecular formula is C23H38Cl2N6O4P+. The summed E-state index contributed by atoms with van der Waals surface area (Å²) in [7, 11) is 0.271. The van der Waals surface area contributed by atoms with Gasteiger partial charge < -0.3 is 14.6 Å². The molecule has 1 aromatic carbocycles. The van der Waals surface area contributed by atoms with Crippen LogP contribution in [0.25, 0.3) is 0 Å². The lowest BCUT2D eigenvalue weighted by molar-refractivity contribution is -0.921. The number of quaternary nitrogens is 1. The summed E-state index contributed by atoms with van der Waals surface area (Å²) < 4.78 is 23.6. The third-order valence-corrected chi connectivity index (χ3v) is 8.86. The van der Waals surface area contributed by atoms with E-state index in [9.17, 15) is 14.7 Å². The van der Waals surface area contributed by atoms with Crippen LogP contribution in [0, 0.1) is 10.1 Å². The highest BCUT2D eigenvalue weighted by Crippen LogP contribution is 2.47. The SMILES string of the molecule is CC[N+](C)(CCCCNP(=O)(OCc1cnc([N+](=O)[O-])n1C)N(CCCl)CCCl)Cc1ccccc1. The molecule has 0 saturated heterocycles. The number of nitrogens with one attached hydrogen (secondary N) is 1. The van der Waals surface area contributed by atoms with Crippen molar-refractivity contribution in [2.24, 2.45) is 7.05 Å². The lowest BCUT2D eigenvalue weighted by atomic mass is 10.1. The van der Waals surface area contributed by atoms with Crippen LogP contribution in [0.15, 0.2) is 36.5 Å². The van der Waals surface area contributed by atoms with Crippen LogP contribution >= 0.6 is 30.9 Å². The van der Waals surface area contributed by atoms with Crippen LogP contribution in [0.4, 0.5) is 5.95 Å². The minimum absolute atomic E-state index is 0.107. The zero-order valence-electron chi connectivity index (χ0n) is 21.3. The second kappa shape index (κ2) is 15.0. The highest BCUT2D eigenvalue weighted by Gasteiger charge is 2.32. The van der Waals surface area contributed by atoms with E-state index in [1.165, 1.54) is 23.4 Å². The number of unbranched alkanes of at least 4 members (excludes halogenated alkanes) is 1. The minimum atomic E-state index is -3.51. The lowest BCUT2D eigenvalue weighted by Gasteiger charge is -2.34. The molecule has 13 heteroatoms. The molecule has 0 radical (unpaired) electrons. The number of nitro groups is 1. The summed E-state index contributed by atoms with van der Waals surface area (Å²) >= 11 is 11.9. The molecule has 1 heterocycles. The first-order chi connectivity index (χ1) is 17.2. The molecular weight excluding hydrogens is 526 g/mol. The highest BCUT2D eigenvalue weighted by molar-refractivity contribution is 7.54. The molecule has 10 nitrogen and oxygen atoms in total. The Bertz CT molecular complexity index is 990. The van der Waals surface area contributed by atoms with Gasteiger partial charge >= 0.3 is 13.6 Å². The number of benzene rings is 1. The smallest absolute Gasteiger partial charge is 0.390 e. The molecule has 1 N–H and O–H groups in total. The fraction of sp³-hybridized carbons (Fsp3) is 0.609. The maximum absolute atomic E-state index is 13.9. The molecule has 2 rings (SSSR count). The van der Waals surface area contributed by atoms with E-state index >= 15 is 0 Å². The topological polar surface area (TPSA) is 103 Å². The van der Waals surface area contributed by atoms with Crippen LogP contribution in [0.3, 0.4) is 0 Å². The Morgan fingerprint density at radius 1 is 1.22 bits per heavy atom. The zero-order chi connectivity index (χ0) is 26.6. The predicted octanol–water partition coefficient (Wildman–Crippen LogP) is 4.77. The van der Waals surface area contributed by atoms with Gasteiger partial charge in [-0.3, -0.25) is 9.09 Å². The molecule has 0 bridgehead atoms. The summed E-state index contributed by atoms with van der Waals surface area (Å²) in [4.78, 5) is 14.3. The van der Waals surface area contributed by atoms with E-state index < -0.39 is 12.6 Å². The number of hydrogen-bond acceptors (Lipinski definition) is 5. The number of rotatable bonds is 18. The molecule has 0 aliphatic rings. The molecule has 0 aliphatic carbocycles. The largest absolute Gasteiger partial charge is 0.434 e. The normalized spacial score (nSPS) is 15.1. The van der Waals surface area contributed by atoms with Crippen LogP contribution in [-0.4, -0.2) is 75.2 Å². The number of aromatic nitrogens is 2. The maximum Gasteiger partial charge on any atom is 0.434 e. The summed E-state index contributed by atoms with van der Waals surface area (Å²) in [6.07, 6.45) is 3.11. The molecule has 202 valence electrons. The summed E-state index contributed by atoms with van der Waals surface area (Å²) in [6, 6.07) is 10.5. The molecule has 2 aromatic rings. The van der Waals surface area contributed by atoms with E-state index in [1.54, 1.807) is 4.67 Å². The first kappa shape index (κ1) is 30.7. The monoisotopic (exact) mass is 563 g/mol. The number of halogens is 2. The van der Waals surface area contributed by atoms with Crippen molar-refractivity contribution in [3.63, 3.8) is 0 Å². The van der Waals surface area contributed by atoms with Crippen molar-refractivity contribution < 1.29 is 18.5 Å². The van der Waals surface area contributed by atoms with Gasteiger partial charge in [0.15, 0.2) is 0 Å². The molecule has 2 unspecified atom stereocenters. The Hall–Kier alpha value is -1.52. The fourth-order valence-electron chi connectivity index (χ4n) is 3.90. The molecule has 36 heavy (non-hydrogen) atoms. The van der Waals surface area contributed by atoms with Crippen molar-refractivity contribution >= 4 is 36.8 Å². The quantitative estimate of drug-likeness (QED) is 0.0695. The Morgan fingerprint density at radius 2 is 1.89 bits per heavy atom. The van der Waals surface area contributed by atoms with Gasteiger partial charge in [-0.15, -0.1) is 23.2 Å². The summed E-state index contributed by atoms with van der Waals surface area (Å²) in [5.41, 5.74) is 1.75. The maximum atomic E-state index is 13.9. The summed E-state index contributed by atoms with van der Waals surface area (Å²) in [5, 5.41) is 14.2. The van der Waals surface area contributed by atoms with Gasteiger partial charge in [0.2, 0.25) is 0 Å². The fourth-order valence-corrected chi connectivity index (χ4v) is 6.47. The van der Waals surface area contributed by atoms with Crippen molar-refractivity contribution in [3.05, 3.63) is 57.9 Å². The standard InChI is InChI=1S/C23H38Cl2N6O4P/c1-4-31(3,19-21-10-6-5-7-11-21)17-9-8-14-27-36(34,29(15-12-24)16-13-25)35-20-22-18-26-23(28(22)2)30(32)33/h5-7,10-11,18H,4,8-9,12-17,19-20H2,1-3H3,(H,27,34)/q+1.